The summed E-state index contributed by atoms with van der Waals surface area (Å²) in [5.74, 6) is 0.998. The van der Waals surface area contributed by atoms with Gasteiger partial charge in [-0.1, -0.05) is 12.1 Å². The Hall–Kier alpha value is -1.69. The van der Waals surface area contributed by atoms with Gasteiger partial charge in [0.05, 0.1) is 17.8 Å². The van der Waals surface area contributed by atoms with Gasteiger partial charge in [-0.15, -0.1) is 0 Å². The Bertz CT molecular complexity index is 447. The topological polar surface area (TPSA) is 82.8 Å². The average molecular weight is 207 g/mol. The first-order valence-electron chi connectivity index (χ1n) is 4.79. The highest BCUT2D eigenvalue weighted by Crippen LogP contribution is 2.18. The van der Waals surface area contributed by atoms with E-state index in [1.807, 2.05) is 20.2 Å². The number of hydrogen-bond acceptors (Lipinski definition) is 5. The molecule has 0 radical (unpaired) electrons. The number of aromatic nitrogens is 4. The summed E-state index contributed by atoms with van der Waals surface area (Å²) in [6.45, 7) is 1.98. The minimum atomic E-state index is -0.167. The van der Waals surface area contributed by atoms with Crippen molar-refractivity contribution in [2.24, 2.45) is 12.8 Å². The second-order valence-corrected chi connectivity index (χ2v) is 3.38. The van der Waals surface area contributed by atoms with Crippen LogP contribution in [0.4, 0.5) is 0 Å². The monoisotopic (exact) mass is 207 g/mol. The average Bonchev–Trinajstić information content (AvgIpc) is 2.84. The predicted octanol–water partition coefficient (Wildman–Crippen LogP) is 0.880. The maximum atomic E-state index is 5.79. The molecule has 2 N–H and O–H groups in total. The van der Waals surface area contributed by atoms with Crippen LogP contribution >= 0.6 is 0 Å². The molecule has 0 saturated heterocycles. The van der Waals surface area contributed by atoms with Crippen LogP contribution in [0.25, 0.3) is 11.5 Å². The fourth-order valence-corrected chi connectivity index (χ4v) is 1.22. The smallest absolute Gasteiger partial charge is 0.261 e. The number of nitrogens with two attached hydrogens (primary N) is 1. The van der Waals surface area contributed by atoms with Crippen molar-refractivity contribution in [2.45, 2.75) is 19.4 Å². The first-order chi connectivity index (χ1) is 7.20. The molecule has 0 aliphatic heterocycles. The summed E-state index contributed by atoms with van der Waals surface area (Å²) in [5, 5.41) is 7.85. The second-order valence-electron chi connectivity index (χ2n) is 3.38. The minimum Gasteiger partial charge on any atom is -0.334 e. The zero-order valence-corrected chi connectivity index (χ0v) is 8.71. The predicted molar refractivity (Wildman–Crippen MR) is 53.7 cm³/mol. The van der Waals surface area contributed by atoms with E-state index in [1.165, 1.54) is 0 Å². The van der Waals surface area contributed by atoms with Gasteiger partial charge in [0.15, 0.2) is 5.82 Å². The van der Waals surface area contributed by atoms with Crippen molar-refractivity contribution in [2.75, 3.05) is 0 Å². The lowest BCUT2D eigenvalue weighted by Gasteiger charge is -1.98. The Balaban J connectivity index is 2.27. The third-order valence-electron chi connectivity index (χ3n) is 2.17. The molecule has 0 aliphatic rings. The molecule has 2 aromatic heterocycles. The Kier molecular flexibility index (Phi) is 2.51. The van der Waals surface area contributed by atoms with Crippen molar-refractivity contribution >= 4 is 0 Å². The summed E-state index contributed by atoms with van der Waals surface area (Å²) < 4.78 is 6.77. The molecule has 0 amide bonds. The van der Waals surface area contributed by atoms with Crippen molar-refractivity contribution in [3.63, 3.8) is 0 Å². The van der Waals surface area contributed by atoms with E-state index in [1.54, 1.807) is 10.9 Å². The van der Waals surface area contributed by atoms with Gasteiger partial charge >= 0.3 is 0 Å². The van der Waals surface area contributed by atoms with Gasteiger partial charge in [0, 0.05) is 13.2 Å². The van der Waals surface area contributed by atoms with Crippen LogP contribution in [0.1, 0.15) is 25.2 Å². The Labute approximate surface area is 87.1 Å². The zero-order chi connectivity index (χ0) is 10.8. The molecule has 1 atom stereocenters. The molecule has 6 nitrogen and oxygen atoms in total. The number of rotatable bonds is 3. The van der Waals surface area contributed by atoms with Gasteiger partial charge in [-0.05, 0) is 6.42 Å². The third-order valence-corrected chi connectivity index (χ3v) is 2.17. The standard InChI is InChI=1S/C9H13N5O/c1-3-7(10)8-12-9(15-13-8)6-4-11-14(2)5-6/h4-5,7H,3,10H2,1-2H3. The molecule has 15 heavy (non-hydrogen) atoms. The minimum absolute atomic E-state index is 0.167. The SMILES string of the molecule is CCC(N)c1noc(-c2cnn(C)c2)n1. The fourth-order valence-electron chi connectivity index (χ4n) is 1.22. The van der Waals surface area contributed by atoms with Crippen LogP contribution in [0.3, 0.4) is 0 Å². The summed E-state index contributed by atoms with van der Waals surface area (Å²) in [6, 6.07) is -0.167. The van der Waals surface area contributed by atoms with Gasteiger partial charge in [0.25, 0.3) is 5.89 Å². The first kappa shape index (κ1) is 9.85. The van der Waals surface area contributed by atoms with E-state index in [0.29, 0.717) is 11.7 Å². The van der Waals surface area contributed by atoms with E-state index in [4.69, 9.17) is 10.3 Å². The highest BCUT2D eigenvalue weighted by Gasteiger charge is 2.14. The molecular formula is C9H13N5O. The van der Waals surface area contributed by atoms with E-state index in [-0.39, 0.29) is 6.04 Å². The lowest BCUT2D eigenvalue weighted by molar-refractivity contribution is 0.415. The van der Waals surface area contributed by atoms with Crippen LogP contribution in [0.2, 0.25) is 0 Å². The zero-order valence-electron chi connectivity index (χ0n) is 8.71. The molecule has 1 unspecified atom stereocenters. The van der Waals surface area contributed by atoms with Crippen LogP contribution in [0.5, 0.6) is 0 Å². The maximum Gasteiger partial charge on any atom is 0.261 e. The Morgan fingerprint density at radius 1 is 1.60 bits per heavy atom. The van der Waals surface area contributed by atoms with Crippen molar-refractivity contribution in [3.05, 3.63) is 18.2 Å². The molecule has 2 heterocycles. The van der Waals surface area contributed by atoms with Crippen molar-refractivity contribution in [3.8, 4) is 11.5 Å². The molecular weight excluding hydrogens is 194 g/mol. The normalized spacial score (nSPS) is 13.0. The number of aryl methyl sites for hydroxylation is 1. The van der Waals surface area contributed by atoms with Gasteiger partial charge in [-0.25, -0.2) is 0 Å². The van der Waals surface area contributed by atoms with Gasteiger partial charge in [0.2, 0.25) is 0 Å². The quantitative estimate of drug-likeness (QED) is 0.807. The van der Waals surface area contributed by atoms with Gasteiger partial charge < -0.3 is 10.3 Å². The lowest BCUT2D eigenvalue weighted by atomic mass is 10.2. The second kappa shape index (κ2) is 3.82. The van der Waals surface area contributed by atoms with E-state index in [0.717, 1.165) is 12.0 Å². The molecule has 0 aromatic carbocycles. The summed E-state index contributed by atoms with van der Waals surface area (Å²) in [6.07, 6.45) is 4.27. The molecule has 0 aliphatic carbocycles. The van der Waals surface area contributed by atoms with Crippen LogP contribution in [0.15, 0.2) is 16.9 Å². The van der Waals surface area contributed by atoms with Crippen LogP contribution < -0.4 is 5.73 Å². The van der Waals surface area contributed by atoms with Gasteiger partial charge in [-0.3, -0.25) is 4.68 Å². The first-order valence-corrected chi connectivity index (χ1v) is 4.79. The van der Waals surface area contributed by atoms with Gasteiger partial charge in [0.1, 0.15) is 0 Å². The van der Waals surface area contributed by atoms with Crippen LogP contribution in [-0.4, -0.2) is 19.9 Å². The Morgan fingerprint density at radius 2 is 2.40 bits per heavy atom. The van der Waals surface area contributed by atoms with E-state index >= 15 is 0 Å². The van der Waals surface area contributed by atoms with E-state index in [2.05, 4.69) is 15.2 Å². The van der Waals surface area contributed by atoms with Gasteiger partial charge in [-0.2, -0.15) is 10.1 Å². The van der Waals surface area contributed by atoms with Crippen molar-refractivity contribution in [1.29, 1.82) is 0 Å². The highest BCUT2D eigenvalue weighted by molar-refractivity contribution is 5.49. The molecule has 6 heteroatoms. The summed E-state index contributed by atoms with van der Waals surface area (Å²) in [4.78, 5) is 4.21. The Morgan fingerprint density at radius 3 is 3.00 bits per heavy atom. The maximum absolute atomic E-state index is 5.79. The molecule has 2 rings (SSSR count). The third kappa shape index (κ3) is 1.89. The van der Waals surface area contributed by atoms with E-state index < -0.39 is 0 Å². The molecule has 0 bridgehead atoms. The van der Waals surface area contributed by atoms with Crippen molar-refractivity contribution in [1.82, 2.24) is 19.9 Å². The lowest BCUT2D eigenvalue weighted by Crippen LogP contribution is -2.10. The summed E-state index contributed by atoms with van der Waals surface area (Å²) in [5.41, 5.74) is 6.59. The summed E-state index contributed by atoms with van der Waals surface area (Å²) >= 11 is 0. The molecule has 0 fully saturated rings. The number of hydrogen-bond donors (Lipinski definition) is 1. The van der Waals surface area contributed by atoms with Crippen LogP contribution in [0, 0.1) is 0 Å². The summed E-state index contributed by atoms with van der Waals surface area (Å²) in [7, 11) is 1.83. The molecule has 0 saturated carbocycles. The fraction of sp³-hybridized carbons (Fsp3) is 0.444. The number of nitrogens with zero attached hydrogens (tertiary/aromatic N) is 4. The van der Waals surface area contributed by atoms with Crippen LogP contribution in [-0.2, 0) is 7.05 Å². The largest absolute Gasteiger partial charge is 0.334 e. The molecule has 80 valence electrons. The van der Waals surface area contributed by atoms with E-state index in [9.17, 15) is 0 Å². The molecule has 2 aromatic rings. The molecule has 0 spiro atoms. The highest BCUT2D eigenvalue weighted by atomic mass is 16.5. The van der Waals surface area contributed by atoms with Crippen molar-refractivity contribution < 1.29 is 4.52 Å².